The maximum absolute atomic E-state index is 11.4. The van der Waals surface area contributed by atoms with Crippen molar-refractivity contribution in [2.75, 3.05) is 19.6 Å². The van der Waals surface area contributed by atoms with Crippen LogP contribution in [0.5, 0.6) is 0 Å². The zero-order valence-electron chi connectivity index (χ0n) is 10.3. The SMILES string of the molecule is O=C([O-])C[NH+]1C[C@]2([N+](=O)[O-])CC=C(Cl)[C@]([N+](=O)[O-])(C1)C2. The van der Waals surface area contributed by atoms with E-state index in [1.165, 1.54) is 6.08 Å². The van der Waals surface area contributed by atoms with E-state index in [1.54, 1.807) is 0 Å². The normalized spacial score (nSPS) is 36.0. The van der Waals surface area contributed by atoms with E-state index < -0.39 is 33.4 Å². The average molecular weight is 306 g/mol. The van der Waals surface area contributed by atoms with Crippen molar-refractivity contribution in [1.82, 2.24) is 0 Å². The first-order valence-corrected chi connectivity index (χ1v) is 6.28. The van der Waals surface area contributed by atoms with Crippen molar-refractivity contribution >= 4 is 17.6 Å². The van der Waals surface area contributed by atoms with Crippen molar-refractivity contribution in [3.05, 3.63) is 31.3 Å². The lowest BCUT2D eigenvalue weighted by Crippen LogP contribution is -3.19. The quantitative estimate of drug-likeness (QED) is 0.454. The van der Waals surface area contributed by atoms with Gasteiger partial charge in [0.25, 0.3) is 5.54 Å². The third-order valence-corrected chi connectivity index (χ3v) is 4.49. The zero-order chi connectivity index (χ0) is 15.1. The van der Waals surface area contributed by atoms with Crippen LogP contribution >= 0.6 is 11.6 Å². The average Bonchev–Trinajstić information content (AvgIpc) is 2.33. The van der Waals surface area contributed by atoms with Gasteiger partial charge in [0.05, 0.1) is 11.0 Å². The molecular weight excluding hydrogens is 294 g/mol. The number of rotatable bonds is 4. The Hall–Kier alpha value is -1.74. The lowest BCUT2D eigenvalue weighted by atomic mass is 9.72. The Morgan fingerprint density at radius 3 is 2.50 bits per heavy atom. The molecule has 2 aliphatic rings. The monoisotopic (exact) mass is 305 g/mol. The highest BCUT2D eigenvalue weighted by atomic mass is 35.5. The van der Waals surface area contributed by atoms with E-state index in [9.17, 15) is 30.1 Å². The van der Waals surface area contributed by atoms with Gasteiger partial charge in [-0.2, -0.15) is 0 Å². The molecule has 9 nitrogen and oxygen atoms in total. The molecule has 0 saturated carbocycles. The van der Waals surface area contributed by atoms with Crippen molar-refractivity contribution in [1.29, 1.82) is 0 Å². The zero-order valence-corrected chi connectivity index (χ0v) is 11.1. The van der Waals surface area contributed by atoms with Gasteiger partial charge in [0.1, 0.15) is 19.5 Å². The lowest BCUT2D eigenvalue weighted by Gasteiger charge is -2.42. The second-order valence-electron chi connectivity index (χ2n) is 5.36. The largest absolute Gasteiger partial charge is 0.544 e. The summed E-state index contributed by atoms with van der Waals surface area (Å²) < 4.78 is 0. The second kappa shape index (κ2) is 4.67. The highest BCUT2D eigenvalue weighted by Crippen LogP contribution is 2.41. The molecule has 2 rings (SSSR count). The lowest BCUT2D eigenvalue weighted by molar-refractivity contribution is -0.938. The van der Waals surface area contributed by atoms with E-state index >= 15 is 0 Å². The van der Waals surface area contributed by atoms with E-state index in [4.69, 9.17) is 11.6 Å². The number of hydrogen-bond acceptors (Lipinski definition) is 6. The Balaban J connectivity index is 2.47. The molecule has 0 aromatic heterocycles. The highest BCUT2D eigenvalue weighted by molar-refractivity contribution is 6.30. The molecule has 20 heavy (non-hydrogen) atoms. The van der Waals surface area contributed by atoms with Gasteiger partial charge < -0.3 is 14.8 Å². The van der Waals surface area contributed by atoms with Crippen molar-refractivity contribution in [2.24, 2.45) is 0 Å². The van der Waals surface area contributed by atoms with Gasteiger partial charge in [-0.25, -0.2) is 0 Å². The van der Waals surface area contributed by atoms with E-state index in [1.807, 2.05) is 0 Å². The molecule has 0 aromatic carbocycles. The number of carboxylic acid groups (broad SMARTS) is 1. The maximum atomic E-state index is 11.4. The number of halogens is 1. The maximum Gasteiger partial charge on any atom is 0.311 e. The number of fused-ring (bicyclic) bond motifs is 2. The van der Waals surface area contributed by atoms with Crippen LogP contribution in [0.3, 0.4) is 0 Å². The molecule has 1 aliphatic heterocycles. The van der Waals surface area contributed by atoms with Gasteiger partial charge in [0, 0.05) is 16.3 Å². The number of nitro groups is 2. The Kier molecular flexibility index (Phi) is 3.42. The third-order valence-electron chi connectivity index (χ3n) is 3.98. The molecule has 1 fully saturated rings. The van der Waals surface area contributed by atoms with E-state index in [0.717, 1.165) is 0 Å². The minimum atomic E-state index is -1.78. The van der Waals surface area contributed by atoms with Crippen LogP contribution in [-0.2, 0) is 4.79 Å². The first-order valence-electron chi connectivity index (χ1n) is 5.90. The number of hydrogen-bond donors (Lipinski definition) is 1. The molecule has 1 aliphatic carbocycles. The Bertz CT molecular complexity index is 523. The second-order valence-corrected chi connectivity index (χ2v) is 5.76. The summed E-state index contributed by atoms with van der Waals surface area (Å²) in [6.07, 6.45) is 0.962. The Morgan fingerprint density at radius 1 is 1.35 bits per heavy atom. The molecule has 0 spiro atoms. The number of carbonyl (C=O) groups is 1. The van der Waals surface area contributed by atoms with Crippen LogP contribution in [0.4, 0.5) is 0 Å². The predicted octanol–water partition coefficient (Wildman–Crippen LogP) is -2.42. The van der Waals surface area contributed by atoms with Gasteiger partial charge in [-0.05, 0) is 0 Å². The summed E-state index contributed by atoms with van der Waals surface area (Å²) in [6, 6.07) is 0. The summed E-state index contributed by atoms with van der Waals surface area (Å²) >= 11 is 5.92. The molecule has 10 heteroatoms. The van der Waals surface area contributed by atoms with Gasteiger partial charge >= 0.3 is 5.54 Å². The minimum absolute atomic E-state index is 0.0367. The number of carboxylic acids is 1. The van der Waals surface area contributed by atoms with E-state index in [2.05, 4.69) is 0 Å². The van der Waals surface area contributed by atoms with Crippen LogP contribution in [0, 0.1) is 20.2 Å². The molecule has 1 saturated heterocycles. The van der Waals surface area contributed by atoms with Crippen LogP contribution in [0.2, 0.25) is 0 Å². The van der Waals surface area contributed by atoms with Crippen molar-refractivity contribution in [3.63, 3.8) is 0 Å². The predicted molar refractivity (Wildman–Crippen MR) is 63.2 cm³/mol. The number of carbonyl (C=O) groups excluding carboxylic acids is 1. The van der Waals surface area contributed by atoms with Crippen LogP contribution in [-0.4, -0.2) is 46.5 Å². The summed E-state index contributed by atoms with van der Waals surface area (Å²) in [5.41, 5.74) is -3.33. The summed E-state index contributed by atoms with van der Waals surface area (Å²) in [6.45, 7) is -0.807. The molecule has 1 unspecified atom stereocenters. The third kappa shape index (κ3) is 2.12. The number of nitrogens with one attached hydrogen (secondary N) is 1. The number of quaternary nitrogens is 1. The van der Waals surface area contributed by atoms with E-state index in [-0.39, 0.29) is 35.9 Å². The van der Waals surface area contributed by atoms with Gasteiger partial charge in [-0.1, -0.05) is 17.7 Å². The van der Waals surface area contributed by atoms with E-state index in [0.29, 0.717) is 0 Å². The summed E-state index contributed by atoms with van der Waals surface area (Å²) in [7, 11) is 0. The number of aliphatic carboxylic acids is 1. The smallest absolute Gasteiger partial charge is 0.311 e. The van der Waals surface area contributed by atoms with Crippen LogP contribution in [0.1, 0.15) is 12.8 Å². The van der Waals surface area contributed by atoms with Crippen molar-refractivity contribution in [2.45, 2.75) is 23.9 Å². The molecule has 1 N–H and O–H groups in total. The molecular formula is C10H12ClN3O6. The Labute approximate surface area is 118 Å². The highest BCUT2D eigenvalue weighted by Gasteiger charge is 2.68. The fourth-order valence-electron chi connectivity index (χ4n) is 3.14. The molecule has 2 bridgehead atoms. The summed E-state index contributed by atoms with van der Waals surface area (Å²) in [5, 5.41) is 33.3. The van der Waals surface area contributed by atoms with Gasteiger partial charge in [-0.3, -0.25) is 20.2 Å². The van der Waals surface area contributed by atoms with Gasteiger partial charge in [0.2, 0.25) is 0 Å². The van der Waals surface area contributed by atoms with Gasteiger partial charge in [-0.15, -0.1) is 0 Å². The molecule has 1 heterocycles. The molecule has 0 radical (unpaired) electrons. The summed E-state index contributed by atoms with van der Waals surface area (Å²) in [4.78, 5) is 32.4. The molecule has 0 aromatic rings. The van der Waals surface area contributed by atoms with Gasteiger partial charge in [0.15, 0.2) is 6.54 Å². The number of likely N-dealkylation sites (tertiary alicyclic amines) is 1. The van der Waals surface area contributed by atoms with Crippen molar-refractivity contribution < 1.29 is 24.6 Å². The molecule has 0 amide bonds. The first kappa shape index (κ1) is 14.7. The fraction of sp³-hybridized carbons (Fsp3) is 0.700. The topological polar surface area (TPSA) is 131 Å². The number of piperidine rings is 1. The standard InChI is InChI=1S/C10H12ClN3O6/c11-7-1-2-9(13(17)18)4-10(7,14(19)20)6-12(5-9)3-8(15)16/h1H,2-6H2,(H,15,16)/t9-,10+/m0/s1. The number of nitrogens with zero attached hydrogens (tertiary/aromatic N) is 2. The molecule has 110 valence electrons. The summed E-state index contributed by atoms with van der Waals surface area (Å²) in [5.74, 6) is -1.41. The van der Waals surface area contributed by atoms with Crippen LogP contribution in [0.15, 0.2) is 11.1 Å². The Morgan fingerprint density at radius 2 is 2.00 bits per heavy atom. The minimum Gasteiger partial charge on any atom is -0.544 e. The molecule has 3 atom stereocenters. The fourth-order valence-corrected chi connectivity index (χ4v) is 3.42. The van der Waals surface area contributed by atoms with Crippen molar-refractivity contribution in [3.8, 4) is 0 Å². The first-order chi connectivity index (χ1) is 9.22. The van der Waals surface area contributed by atoms with Crippen LogP contribution < -0.4 is 10.0 Å². The van der Waals surface area contributed by atoms with Crippen LogP contribution in [0.25, 0.3) is 0 Å².